The molecule has 0 bridgehead atoms. The van der Waals surface area contributed by atoms with Crippen LogP contribution in [-0.2, 0) is 28.3 Å². The number of pyridine rings is 1. The number of ether oxygens (including phenoxy) is 1. The first kappa shape index (κ1) is 35.6. The van der Waals surface area contributed by atoms with Crippen molar-refractivity contribution in [2.45, 2.75) is 31.7 Å². The summed E-state index contributed by atoms with van der Waals surface area (Å²) in [6.45, 7) is -0.753. The van der Waals surface area contributed by atoms with Gasteiger partial charge in [-0.15, -0.1) is 0 Å². The number of hydrogen-bond acceptors (Lipinski definition) is 9. The van der Waals surface area contributed by atoms with Crippen molar-refractivity contribution in [3.8, 4) is 11.6 Å². The maximum Gasteiger partial charge on any atom is 0.340 e. The van der Waals surface area contributed by atoms with Gasteiger partial charge >= 0.3 is 12.3 Å². The number of anilines is 1. The van der Waals surface area contributed by atoms with E-state index in [-0.39, 0.29) is 50.6 Å². The normalized spacial score (nSPS) is 13.0. The first-order valence-corrected chi connectivity index (χ1v) is 16.1. The lowest BCUT2D eigenvalue weighted by molar-refractivity contribution is -0.148. The summed E-state index contributed by atoms with van der Waals surface area (Å²) in [5.74, 6) is -8.55. The Bertz CT molecular complexity index is 2280. The van der Waals surface area contributed by atoms with E-state index in [2.05, 4.69) is 15.1 Å². The molecule has 2 N–H and O–H groups in total. The maximum absolute atomic E-state index is 14.2. The van der Waals surface area contributed by atoms with E-state index in [0.29, 0.717) is 10.4 Å². The largest absolute Gasteiger partial charge is 0.471 e. The summed E-state index contributed by atoms with van der Waals surface area (Å²) in [6.07, 6.45) is -3.57. The van der Waals surface area contributed by atoms with Gasteiger partial charge in [-0.25, -0.2) is 31.0 Å². The number of nitrogens with two attached hydrogens (primary N) is 1. The number of alkyl halides is 4. The summed E-state index contributed by atoms with van der Waals surface area (Å²) in [4.78, 5) is 35.0. The van der Waals surface area contributed by atoms with Crippen LogP contribution in [-0.4, -0.2) is 63.9 Å². The molecule has 20 heteroatoms. The van der Waals surface area contributed by atoms with Gasteiger partial charge in [0.1, 0.15) is 17.5 Å². The molecule has 3 aromatic heterocycles. The van der Waals surface area contributed by atoms with Gasteiger partial charge in [-0.1, -0.05) is 11.6 Å². The molecule has 0 spiro atoms. The average Bonchev–Trinajstić information content (AvgIpc) is 3.31. The molecule has 0 saturated carbocycles. The fraction of sp³-hybridized carbons (Fsp3) is 0.276. The van der Waals surface area contributed by atoms with Crippen LogP contribution in [0.25, 0.3) is 27.6 Å². The van der Waals surface area contributed by atoms with Crippen molar-refractivity contribution in [2.75, 3.05) is 17.2 Å². The molecule has 49 heavy (non-hydrogen) atoms. The molecule has 260 valence electrons. The third-order valence-corrected chi connectivity index (χ3v) is 8.53. The van der Waals surface area contributed by atoms with Crippen LogP contribution in [0, 0.1) is 11.6 Å². The van der Waals surface area contributed by atoms with Crippen LogP contribution in [0.4, 0.5) is 32.2 Å². The minimum Gasteiger partial charge on any atom is -0.471 e. The zero-order valence-corrected chi connectivity index (χ0v) is 27.0. The fourth-order valence-electron chi connectivity index (χ4n) is 5.14. The SMILES string of the molecule is CC(=O)N(c1nn(C)c2c(-n3c([C@@H](N)Cc4cc(F)cc(F)c4)nc4nc(OCC(F)(F)C(F)F)ccc4c3=O)ccc(Cl)c12)S(C)(=O)=O. The molecule has 0 aliphatic rings. The zero-order chi connectivity index (χ0) is 36.2. The first-order valence-electron chi connectivity index (χ1n) is 13.9. The molecular formula is C29H24ClF6N7O5S. The van der Waals surface area contributed by atoms with Gasteiger partial charge in [0.2, 0.25) is 21.8 Å². The first-order chi connectivity index (χ1) is 22.8. The van der Waals surface area contributed by atoms with Crippen LogP contribution in [0.5, 0.6) is 5.88 Å². The number of amides is 1. The molecule has 12 nitrogen and oxygen atoms in total. The molecule has 0 fully saturated rings. The number of nitrogens with zero attached hydrogens (tertiary/aromatic N) is 6. The molecule has 0 aliphatic heterocycles. The molecule has 5 aromatic rings. The summed E-state index contributed by atoms with van der Waals surface area (Å²) >= 11 is 6.50. The van der Waals surface area contributed by atoms with Crippen molar-refractivity contribution >= 4 is 55.3 Å². The lowest BCUT2D eigenvalue weighted by atomic mass is 10.0. The Labute approximate surface area is 277 Å². The van der Waals surface area contributed by atoms with E-state index >= 15 is 0 Å². The van der Waals surface area contributed by atoms with Crippen LogP contribution < -0.4 is 20.3 Å². The zero-order valence-electron chi connectivity index (χ0n) is 25.5. The number of benzene rings is 2. The summed E-state index contributed by atoms with van der Waals surface area (Å²) in [6, 6.07) is 5.98. The Kier molecular flexibility index (Phi) is 9.39. The smallest absolute Gasteiger partial charge is 0.340 e. The second-order valence-corrected chi connectivity index (χ2v) is 13.1. The van der Waals surface area contributed by atoms with E-state index < -0.39 is 69.6 Å². The van der Waals surface area contributed by atoms with Crippen LogP contribution >= 0.6 is 11.6 Å². The van der Waals surface area contributed by atoms with E-state index in [1.165, 1.54) is 19.2 Å². The molecule has 1 amide bonds. The number of fused-ring (bicyclic) bond motifs is 2. The monoisotopic (exact) mass is 731 g/mol. The lowest BCUT2D eigenvalue weighted by Gasteiger charge is -2.20. The van der Waals surface area contributed by atoms with Gasteiger partial charge in [0, 0.05) is 26.1 Å². The number of halogens is 7. The number of hydrogen-bond donors (Lipinski definition) is 1. The van der Waals surface area contributed by atoms with E-state index in [4.69, 9.17) is 22.1 Å². The number of rotatable bonds is 10. The third kappa shape index (κ3) is 6.90. The van der Waals surface area contributed by atoms with Gasteiger partial charge < -0.3 is 10.5 Å². The van der Waals surface area contributed by atoms with Gasteiger partial charge in [0.05, 0.1) is 39.3 Å². The van der Waals surface area contributed by atoms with Crippen molar-refractivity contribution in [2.24, 2.45) is 12.8 Å². The molecule has 0 saturated heterocycles. The van der Waals surface area contributed by atoms with Crippen molar-refractivity contribution in [1.29, 1.82) is 0 Å². The second-order valence-electron chi connectivity index (χ2n) is 10.9. The van der Waals surface area contributed by atoms with Crippen molar-refractivity contribution < 1.29 is 44.3 Å². The molecule has 5 rings (SSSR count). The van der Waals surface area contributed by atoms with Gasteiger partial charge in [-0.05, 0) is 42.3 Å². The highest BCUT2D eigenvalue weighted by Gasteiger charge is 2.42. The van der Waals surface area contributed by atoms with E-state index in [9.17, 15) is 44.3 Å². The highest BCUT2D eigenvalue weighted by Crippen LogP contribution is 2.37. The summed E-state index contributed by atoms with van der Waals surface area (Å²) in [7, 11) is -2.86. The highest BCUT2D eigenvalue weighted by molar-refractivity contribution is 7.92. The molecule has 2 aromatic carbocycles. The number of aromatic nitrogens is 5. The second kappa shape index (κ2) is 12.9. The van der Waals surface area contributed by atoms with Crippen LogP contribution in [0.3, 0.4) is 0 Å². The molecular weight excluding hydrogens is 708 g/mol. The van der Waals surface area contributed by atoms with Crippen LogP contribution in [0.2, 0.25) is 5.02 Å². The minimum atomic E-state index is -4.52. The number of sulfonamides is 1. The van der Waals surface area contributed by atoms with Gasteiger partial charge in [-0.3, -0.25) is 18.8 Å². The van der Waals surface area contributed by atoms with Crippen molar-refractivity contribution in [3.63, 3.8) is 0 Å². The van der Waals surface area contributed by atoms with Gasteiger partial charge in [0.25, 0.3) is 5.56 Å². The summed E-state index contributed by atoms with van der Waals surface area (Å²) in [5.41, 5.74) is 5.23. The average molecular weight is 732 g/mol. The molecule has 1 atom stereocenters. The highest BCUT2D eigenvalue weighted by atomic mass is 35.5. The van der Waals surface area contributed by atoms with E-state index in [1.54, 1.807) is 0 Å². The molecule has 0 unspecified atom stereocenters. The summed E-state index contributed by atoms with van der Waals surface area (Å²) < 4.78 is 113. The van der Waals surface area contributed by atoms with Crippen molar-refractivity contribution in [3.05, 3.63) is 80.9 Å². The lowest BCUT2D eigenvalue weighted by Crippen LogP contribution is -2.34. The Morgan fingerprint density at radius 1 is 1.10 bits per heavy atom. The Hall–Kier alpha value is -4.75. The van der Waals surface area contributed by atoms with Gasteiger partial charge in [0.15, 0.2) is 18.1 Å². The van der Waals surface area contributed by atoms with Crippen LogP contribution in [0.15, 0.2) is 47.3 Å². The number of aryl methyl sites for hydroxylation is 1. The van der Waals surface area contributed by atoms with Gasteiger partial charge in [-0.2, -0.15) is 23.2 Å². The van der Waals surface area contributed by atoms with E-state index in [0.717, 1.165) is 46.7 Å². The third-order valence-electron chi connectivity index (χ3n) is 7.12. The topological polar surface area (TPSA) is 155 Å². The van der Waals surface area contributed by atoms with E-state index in [1.807, 2.05) is 0 Å². The number of carbonyl (C=O) groups is 1. The maximum atomic E-state index is 14.2. The quantitative estimate of drug-likeness (QED) is 0.206. The van der Waals surface area contributed by atoms with Crippen molar-refractivity contribution in [1.82, 2.24) is 24.3 Å². The Morgan fingerprint density at radius 3 is 2.35 bits per heavy atom. The Morgan fingerprint density at radius 2 is 1.76 bits per heavy atom. The fourth-order valence-corrected chi connectivity index (χ4v) is 6.28. The molecule has 0 radical (unpaired) electrons. The predicted octanol–water partition coefficient (Wildman–Crippen LogP) is 4.43. The predicted molar refractivity (Wildman–Crippen MR) is 166 cm³/mol. The minimum absolute atomic E-state index is 0.0213. The molecule has 3 heterocycles. The standard InChI is InChI=1S/C29H24ClF6N7O5S/c1-13(44)43(49(3,46)47)26-22-18(30)5-6-20(23(22)41(2)40-26)42-25(19(37)10-14-8-15(31)11-16(32)9-14)39-24-17(27(42)45)4-7-21(38-24)48-12-29(35,36)28(33)34/h4-9,11,19,28H,10,12,37H2,1-3H3/t19-/m0/s1. The summed E-state index contributed by atoms with van der Waals surface area (Å²) in [5, 5.41) is 3.83. The van der Waals surface area contributed by atoms with Crippen LogP contribution in [0.1, 0.15) is 24.4 Å². The molecule has 0 aliphatic carbocycles. The Balaban J connectivity index is 1.78. The number of carbonyl (C=O) groups excluding carboxylic acids is 1.